The van der Waals surface area contributed by atoms with Crippen LogP contribution in [0.5, 0.6) is 0 Å². The second-order valence-electron chi connectivity index (χ2n) is 4.04. The van der Waals surface area contributed by atoms with E-state index in [1.54, 1.807) is 10.9 Å². The highest BCUT2D eigenvalue weighted by atomic mass is 16.1. The number of nitrogens with zero attached hydrogens (tertiary/aromatic N) is 3. The standard InChI is InChI=1S/C11H20N4O/c1-3-9(4-2)5-11(16)8-15-7-10(6-12)13-14-15/h7,9H,3-6,8,12H2,1-2H3. The molecule has 1 heterocycles. The Bertz CT molecular complexity index is 330. The van der Waals surface area contributed by atoms with E-state index in [0.717, 1.165) is 18.5 Å². The summed E-state index contributed by atoms with van der Waals surface area (Å²) in [6.07, 6.45) is 4.46. The molecule has 0 saturated carbocycles. The van der Waals surface area contributed by atoms with Crippen molar-refractivity contribution in [3.05, 3.63) is 11.9 Å². The van der Waals surface area contributed by atoms with Crippen molar-refractivity contribution in [1.29, 1.82) is 0 Å². The average molecular weight is 224 g/mol. The van der Waals surface area contributed by atoms with Crippen LogP contribution in [-0.2, 0) is 17.9 Å². The quantitative estimate of drug-likeness (QED) is 0.753. The van der Waals surface area contributed by atoms with Crippen LogP contribution in [0.15, 0.2) is 6.20 Å². The van der Waals surface area contributed by atoms with Crippen LogP contribution in [0.25, 0.3) is 0 Å². The van der Waals surface area contributed by atoms with Gasteiger partial charge in [-0.2, -0.15) is 0 Å². The molecule has 1 rings (SSSR count). The molecular weight excluding hydrogens is 204 g/mol. The van der Waals surface area contributed by atoms with E-state index >= 15 is 0 Å². The fraction of sp³-hybridized carbons (Fsp3) is 0.727. The third-order valence-corrected chi connectivity index (χ3v) is 2.80. The molecule has 0 aliphatic heterocycles. The molecule has 0 aliphatic carbocycles. The van der Waals surface area contributed by atoms with Crippen LogP contribution < -0.4 is 5.73 Å². The van der Waals surface area contributed by atoms with E-state index in [-0.39, 0.29) is 5.78 Å². The fourth-order valence-electron chi connectivity index (χ4n) is 1.65. The zero-order valence-electron chi connectivity index (χ0n) is 10.0. The summed E-state index contributed by atoms with van der Waals surface area (Å²) in [7, 11) is 0. The minimum absolute atomic E-state index is 0.210. The van der Waals surface area contributed by atoms with Gasteiger partial charge in [0.25, 0.3) is 0 Å². The highest BCUT2D eigenvalue weighted by Crippen LogP contribution is 2.13. The molecule has 0 saturated heterocycles. The lowest BCUT2D eigenvalue weighted by Crippen LogP contribution is -2.14. The maximum Gasteiger partial charge on any atom is 0.154 e. The molecule has 2 N–H and O–H groups in total. The summed E-state index contributed by atoms with van der Waals surface area (Å²) in [5, 5.41) is 7.69. The van der Waals surface area contributed by atoms with Crippen molar-refractivity contribution in [3.63, 3.8) is 0 Å². The molecule has 0 unspecified atom stereocenters. The Morgan fingerprint density at radius 1 is 1.50 bits per heavy atom. The largest absolute Gasteiger partial charge is 0.325 e. The first-order chi connectivity index (χ1) is 7.69. The zero-order valence-corrected chi connectivity index (χ0v) is 10.0. The van der Waals surface area contributed by atoms with Crippen molar-refractivity contribution >= 4 is 5.78 Å². The molecule has 16 heavy (non-hydrogen) atoms. The van der Waals surface area contributed by atoms with Crippen molar-refractivity contribution in [2.75, 3.05) is 0 Å². The Labute approximate surface area is 96.0 Å². The molecule has 5 heteroatoms. The molecule has 5 nitrogen and oxygen atoms in total. The Hall–Kier alpha value is -1.23. The first-order valence-corrected chi connectivity index (χ1v) is 5.80. The summed E-state index contributed by atoms with van der Waals surface area (Å²) in [6, 6.07) is 0. The maximum absolute atomic E-state index is 11.7. The number of aromatic nitrogens is 3. The lowest BCUT2D eigenvalue weighted by atomic mass is 9.97. The second kappa shape index (κ2) is 6.37. The third-order valence-electron chi connectivity index (χ3n) is 2.80. The Balaban J connectivity index is 2.44. The van der Waals surface area contributed by atoms with Gasteiger partial charge in [-0.05, 0) is 5.92 Å². The van der Waals surface area contributed by atoms with Gasteiger partial charge in [-0.15, -0.1) is 5.10 Å². The SMILES string of the molecule is CCC(CC)CC(=O)Cn1cc(CN)nn1. The molecule has 0 aliphatic rings. The lowest BCUT2D eigenvalue weighted by molar-refractivity contribution is -0.120. The Morgan fingerprint density at radius 3 is 2.69 bits per heavy atom. The minimum atomic E-state index is 0.210. The van der Waals surface area contributed by atoms with Crippen molar-refractivity contribution in [3.8, 4) is 0 Å². The third kappa shape index (κ3) is 3.73. The molecule has 0 radical (unpaired) electrons. The number of carbonyl (C=O) groups is 1. The van der Waals surface area contributed by atoms with Gasteiger partial charge >= 0.3 is 0 Å². The first kappa shape index (κ1) is 12.8. The average Bonchev–Trinajstić information content (AvgIpc) is 2.73. The van der Waals surface area contributed by atoms with Gasteiger partial charge in [-0.25, -0.2) is 4.68 Å². The lowest BCUT2D eigenvalue weighted by Gasteiger charge is -2.10. The normalized spacial score (nSPS) is 11.0. The van der Waals surface area contributed by atoms with Crippen LogP contribution in [0.2, 0.25) is 0 Å². The van der Waals surface area contributed by atoms with Crippen molar-refractivity contribution < 1.29 is 4.79 Å². The number of Topliss-reactive ketones (excluding diaryl/α,β-unsaturated/α-hetero) is 1. The van der Waals surface area contributed by atoms with E-state index in [2.05, 4.69) is 24.2 Å². The van der Waals surface area contributed by atoms with Crippen LogP contribution >= 0.6 is 0 Å². The fourth-order valence-corrected chi connectivity index (χ4v) is 1.65. The Kier molecular flexibility index (Phi) is 5.11. The number of ketones is 1. The summed E-state index contributed by atoms with van der Waals surface area (Å²) >= 11 is 0. The predicted octanol–water partition coefficient (Wildman–Crippen LogP) is 1.13. The first-order valence-electron chi connectivity index (χ1n) is 5.80. The van der Waals surface area contributed by atoms with E-state index in [4.69, 9.17) is 5.73 Å². The highest BCUT2D eigenvalue weighted by molar-refractivity contribution is 5.78. The van der Waals surface area contributed by atoms with Gasteiger partial charge in [0.1, 0.15) is 6.54 Å². The minimum Gasteiger partial charge on any atom is -0.325 e. The number of nitrogens with two attached hydrogens (primary N) is 1. The molecular formula is C11H20N4O. The molecule has 0 bridgehead atoms. The highest BCUT2D eigenvalue weighted by Gasteiger charge is 2.11. The molecule has 0 amide bonds. The Morgan fingerprint density at radius 2 is 2.19 bits per heavy atom. The molecule has 0 aromatic carbocycles. The summed E-state index contributed by atoms with van der Waals surface area (Å²) in [6.45, 7) is 4.90. The van der Waals surface area contributed by atoms with Crippen molar-refractivity contribution in [2.24, 2.45) is 11.7 Å². The molecule has 0 fully saturated rings. The number of hydrogen-bond donors (Lipinski definition) is 1. The maximum atomic E-state index is 11.7. The monoisotopic (exact) mass is 224 g/mol. The second-order valence-corrected chi connectivity index (χ2v) is 4.04. The van der Waals surface area contributed by atoms with Gasteiger partial charge < -0.3 is 5.73 Å². The van der Waals surface area contributed by atoms with Crippen LogP contribution in [0, 0.1) is 5.92 Å². The molecule has 0 atom stereocenters. The summed E-state index contributed by atoms with van der Waals surface area (Å²) < 4.78 is 1.56. The topological polar surface area (TPSA) is 73.8 Å². The van der Waals surface area contributed by atoms with Crippen LogP contribution in [0.3, 0.4) is 0 Å². The van der Waals surface area contributed by atoms with E-state index in [1.807, 2.05) is 0 Å². The molecule has 0 spiro atoms. The molecule has 1 aromatic rings. The predicted molar refractivity (Wildman–Crippen MR) is 61.6 cm³/mol. The molecule has 90 valence electrons. The zero-order chi connectivity index (χ0) is 12.0. The van der Waals surface area contributed by atoms with Gasteiger partial charge in [0.15, 0.2) is 5.78 Å². The number of hydrogen-bond acceptors (Lipinski definition) is 4. The summed E-state index contributed by atoms with van der Waals surface area (Å²) in [5.41, 5.74) is 6.13. The van der Waals surface area contributed by atoms with Crippen molar-refractivity contribution in [1.82, 2.24) is 15.0 Å². The van der Waals surface area contributed by atoms with Gasteiger partial charge in [0.2, 0.25) is 0 Å². The van der Waals surface area contributed by atoms with E-state index in [1.165, 1.54) is 0 Å². The van der Waals surface area contributed by atoms with Gasteiger partial charge in [0.05, 0.1) is 11.9 Å². The van der Waals surface area contributed by atoms with Gasteiger partial charge in [-0.3, -0.25) is 4.79 Å². The van der Waals surface area contributed by atoms with Crippen molar-refractivity contribution in [2.45, 2.75) is 46.2 Å². The van der Waals surface area contributed by atoms with Crippen LogP contribution in [-0.4, -0.2) is 20.8 Å². The van der Waals surface area contributed by atoms with E-state index < -0.39 is 0 Å². The van der Waals surface area contributed by atoms with E-state index in [0.29, 0.717) is 25.4 Å². The molecule has 1 aromatic heterocycles. The van der Waals surface area contributed by atoms with Gasteiger partial charge in [0, 0.05) is 13.0 Å². The van der Waals surface area contributed by atoms with Crippen LogP contribution in [0.4, 0.5) is 0 Å². The van der Waals surface area contributed by atoms with Gasteiger partial charge in [-0.1, -0.05) is 31.9 Å². The van der Waals surface area contributed by atoms with E-state index in [9.17, 15) is 4.79 Å². The smallest absolute Gasteiger partial charge is 0.154 e. The number of rotatable bonds is 7. The number of carbonyl (C=O) groups excluding carboxylic acids is 1. The summed E-state index contributed by atoms with van der Waals surface area (Å²) in [5.74, 6) is 0.701. The summed E-state index contributed by atoms with van der Waals surface area (Å²) in [4.78, 5) is 11.7. The van der Waals surface area contributed by atoms with Crippen LogP contribution in [0.1, 0.15) is 38.8 Å².